The molecule has 0 aliphatic carbocycles. The monoisotopic (exact) mass is 344 g/mol. The van der Waals surface area contributed by atoms with E-state index in [1.165, 1.54) is 44.9 Å². The molecule has 0 spiro atoms. The van der Waals surface area contributed by atoms with Crippen molar-refractivity contribution in [3.63, 3.8) is 0 Å². The summed E-state index contributed by atoms with van der Waals surface area (Å²) in [6.07, 6.45) is 12.0. The van der Waals surface area contributed by atoms with Gasteiger partial charge < -0.3 is 24.8 Å². The maximum atomic E-state index is 10.00. The standard InChI is InChI=1S/C19H36O5/c1-2-3-4-5-6-7-8-9-10-11-12-13-23-19-16(21)15-24-17(14-20)18(19)22/h5-6,16-22H,2-4,7-15H2,1H3/b6-5+/t16-,17+,18+,19+/m1/s1. The lowest BCUT2D eigenvalue weighted by atomic mass is 10.0. The van der Waals surface area contributed by atoms with E-state index >= 15 is 0 Å². The van der Waals surface area contributed by atoms with Gasteiger partial charge in [0, 0.05) is 6.61 Å². The number of allylic oxidation sites excluding steroid dienone is 2. The summed E-state index contributed by atoms with van der Waals surface area (Å²) < 4.78 is 10.8. The maximum Gasteiger partial charge on any atom is 0.114 e. The molecule has 0 bridgehead atoms. The minimum Gasteiger partial charge on any atom is -0.394 e. The second-order valence-corrected chi connectivity index (χ2v) is 6.62. The van der Waals surface area contributed by atoms with Crippen molar-refractivity contribution in [2.75, 3.05) is 19.8 Å². The molecule has 3 N–H and O–H groups in total. The predicted octanol–water partition coefficient (Wildman–Crippen LogP) is 2.57. The molecule has 1 aliphatic rings. The molecule has 0 unspecified atom stereocenters. The van der Waals surface area contributed by atoms with Gasteiger partial charge in [0.1, 0.15) is 24.4 Å². The highest BCUT2D eigenvalue weighted by Gasteiger charge is 2.38. The van der Waals surface area contributed by atoms with Crippen LogP contribution in [0.2, 0.25) is 0 Å². The predicted molar refractivity (Wildman–Crippen MR) is 94.9 cm³/mol. The van der Waals surface area contributed by atoms with Gasteiger partial charge in [-0.15, -0.1) is 0 Å². The van der Waals surface area contributed by atoms with Crippen LogP contribution in [0.1, 0.15) is 64.7 Å². The van der Waals surface area contributed by atoms with Crippen LogP contribution < -0.4 is 0 Å². The van der Waals surface area contributed by atoms with Gasteiger partial charge in [-0.3, -0.25) is 0 Å². The van der Waals surface area contributed by atoms with Gasteiger partial charge in [-0.05, 0) is 25.7 Å². The Morgan fingerprint density at radius 3 is 2.38 bits per heavy atom. The molecule has 5 heteroatoms. The average Bonchev–Trinajstić information content (AvgIpc) is 2.58. The van der Waals surface area contributed by atoms with Crippen LogP contribution in [-0.2, 0) is 9.47 Å². The molecule has 0 radical (unpaired) electrons. The number of rotatable bonds is 13. The third kappa shape index (κ3) is 8.58. The van der Waals surface area contributed by atoms with E-state index in [0.717, 1.165) is 12.8 Å². The van der Waals surface area contributed by atoms with Crippen molar-refractivity contribution >= 4 is 0 Å². The van der Waals surface area contributed by atoms with Gasteiger partial charge in [-0.1, -0.05) is 51.2 Å². The van der Waals surface area contributed by atoms with Crippen LogP contribution in [0, 0.1) is 0 Å². The zero-order chi connectivity index (χ0) is 17.6. The van der Waals surface area contributed by atoms with Gasteiger partial charge in [0.05, 0.1) is 13.2 Å². The summed E-state index contributed by atoms with van der Waals surface area (Å²) >= 11 is 0. The van der Waals surface area contributed by atoms with Gasteiger partial charge in [0.25, 0.3) is 0 Å². The highest BCUT2D eigenvalue weighted by atomic mass is 16.6. The van der Waals surface area contributed by atoms with Crippen LogP contribution in [-0.4, -0.2) is 59.6 Å². The molecular formula is C19H36O5. The van der Waals surface area contributed by atoms with E-state index in [1.807, 2.05) is 0 Å². The molecule has 1 saturated heterocycles. The Morgan fingerprint density at radius 1 is 1.00 bits per heavy atom. The molecule has 0 aromatic carbocycles. The smallest absolute Gasteiger partial charge is 0.114 e. The lowest BCUT2D eigenvalue weighted by Gasteiger charge is -2.37. The van der Waals surface area contributed by atoms with Crippen molar-refractivity contribution in [2.24, 2.45) is 0 Å². The Hall–Kier alpha value is -0.460. The molecule has 0 amide bonds. The molecule has 1 rings (SSSR count). The largest absolute Gasteiger partial charge is 0.394 e. The first-order chi connectivity index (χ1) is 11.7. The van der Waals surface area contributed by atoms with Gasteiger partial charge in [-0.2, -0.15) is 0 Å². The van der Waals surface area contributed by atoms with E-state index in [1.54, 1.807) is 0 Å². The minimum absolute atomic E-state index is 0.0960. The first-order valence-electron chi connectivity index (χ1n) is 9.55. The number of ether oxygens (including phenoxy) is 2. The maximum absolute atomic E-state index is 10.00. The molecule has 0 saturated carbocycles. The van der Waals surface area contributed by atoms with E-state index in [4.69, 9.17) is 14.6 Å². The van der Waals surface area contributed by atoms with Crippen molar-refractivity contribution in [1.29, 1.82) is 0 Å². The number of hydrogen-bond acceptors (Lipinski definition) is 5. The molecule has 1 heterocycles. The van der Waals surface area contributed by atoms with Crippen molar-refractivity contribution in [2.45, 2.75) is 89.1 Å². The summed E-state index contributed by atoms with van der Waals surface area (Å²) in [5.74, 6) is 0. The lowest BCUT2D eigenvalue weighted by Crippen LogP contribution is -2.55. The Balaban J connectivity index is 1.98. The van der Waals surface area contributed by atoms with Crippen LogP contribution in [0.3, 0.4) is 0 Å². The van der Waals surface area contributed by atoms with Crippen molar-refractivity contribution in [3.05, 3.63) is 12.2 Å². The Morgan fingerprint density at radius 2 is 1.67 bits per heavy atom. The fourth-order valence-corrected chi connectivity index (χ4v) is 2.90. The quantitative estimate of drug-likeness (QED) is 0.353. The van der Waals surface area contributed by atoms with Crippen molar-refractivity contribution < 1.29 is 24.8 Å². The molecular weight excluding hydrogens is 308 g/mol. The average molecular weight is 344 g/mol. The highest BCUT2D eigenvalue weighted by Crippen LogP contribution is 2.19. The summed E-state index contributed by atoms with van der Waals surface area (Å²) in [6.45, 7) is 2.57. The second kappa shape index (κ2) is 13.8. The van der Waals surface area contributed by atoms with Crippen molar-refractivity contribution in [1.82, 2.24) is 0 Å². The summed E-state index contributed by atoms with van der Waals surface area (Å²) in [5, 5.41) is 28.9. The molecule has 1 aliphatic heterocycles. The fraction of sp³-hybridized carbons (Fsp3) is 0.895. The van der Waals surface area contributed by atoms with Crippen molar-refractivity contribution in [3.8, 4) is 0 Å². The minimum atomic E-state index is -0.974. The van der Waals surface area contributed by atoms with Gasteiger partial charge in [0.2, 0.25) is 0 Å². The topological polar surface area (TPSA) is 79.2 Å². The number of aliphatic hydroxyl groups is 3. The number of hydrogen-bond donors (Lipinski definition) is 3. The zero-order valence-corrected chi connectivity index (χ0v) is 15.1. The summed E-state index contributed by atoms with van der Waals surface area (Å²) in [5.41, 5.74) is 0. The molecule has 142 valence electrons. The van der Waals surface area contributed by atoms with Crippen LogP contribution in [0.5, 0.6) is 0 Å². The normalized spacial score (nSPS) is 27.8. The third-order valence-electron chi connectivity index (χ3n) is 4.47. The molecule has 4 atom stereocenters. The SMILES string of the molecule is CCCC/C=C/CCCCCCCO[C@@H]1[C@@H](O)[C@H](CO)OC[C@H]1O. The van der Waals surface area contributed by atoms with E-state index in [-0.39, 0.29) is 13.2 Å². The Bertz CT molecular complexity index is 321. The fourth-order valence-electron chi connectivity index (χ4n) is 2.90. The lowest BCUT2D eigenvalue weighted by molar-refractivity contribution is -0.210. The molecule has 0 aromatic heterocycles. The van der Waals surface area contributed by atoms with E-state index in [9.17, 15) is 10.2 Å². The Kier molecular flexibility index (Phi) is 12.4. The zero-order valence-electron chi connectivity index (χ0n) is 15.1. The summed E-state index contributed by atoms with van der Waals surface area (Å²) in [4.78, 5) is 0. The molecule has 1 fully saturated rings. The first-order valence-corrected chi connectivity index (χ1v) is 9.55. The van der Waals surface area contributed by atoms with E-state index in [2.05, 4.69) is 19.1 Å². The van der Waals surface area contributed by atoms with Crippen LogP contribution in [0.25, 0.3) is 0 Å². The number of unbranched alkanes of at least 4 members (excludes halogenated alkanes) is 7. The first kappa shape index (κ1) is 21.6. The Labute approximate surface area is 146 Å². The van der Waals surface area contributed by atoms with Crippen LogP contribution in [0.15, 0.2) is 12.2 Å². The van der Waals surface area contributed by atoms with Crippen LogP contribution >= 0.6 is 0 Å². The molecule has 0 aromatic rings. The van der Waals surface area contributed by atoms with E-state index < -0.39 is 24.4 Å². The molecule has 5 nitrogen and oxygen atoms in total. The van der Waals surface area contributed by atoms with Gasteiger partial charge in [-0.25, -0.2) is 0 Å². The van der Waals surface area contributed by atoms with Gasteiger partial charge in [0.15, 0.2) is 0 Å². The second-order valence-electron chi connectivity index (χ2n) is 6.62. The summed E-state index contributed by atoms with van der Waals surface area (Å²) in [6, 6.07) is 0. The van der Waals surface area contributed by atoms with E-state index in [0.29, 0.717) is 6.61 Å². The molecule has 24 heavy (non-hydrogen) atoms. The highest BCUT2D eigenvalue weighted by molar-refractivity contribution is 4.87. The third-order valence-corrected chi connectivity index (χ3v) is 4.47. The van der Waals surface area contributed by atoms with Crippen LogP contribution in [0.4, 0.5) is 0 Å². The number of aliphatic hydroxyl groups excluding tert-OH is 3. The summed E-state index contributed by atoms with van der Waals surface area (Å²) in [7, 11) is 0. The van der Waals surface area contributed by atoms with Gasteiger partial charge >= 0.3 is 0 Å².